The van der Waals surface area contributed by atoms with Crippen LogP contribution in [0.1, 0.15) is 51.0 Å². The lowest BCUT2D eigenvalue weighted by molar-refractivity contribution is -0.139. The van der Waals surface area contributed by atoms with E-state index in [1.54, 1.807) is 24.4 Å². The number of hydrogen-bond acceptors (Lipinski definition) is 10. The van der Waals surface area contributed by atoms with Crippen LogP contribution in [-0.2, 0) is 4.79 Å². The average Bonchev–Trinajstić information content (AvgIpc) is 2.89. The zero-order valence-corrected chi connectivity index (χ0v) is 20.1. The summed E-state index contributed by atoms with van der Waals surface area (Å²) in [6, 6.07) is 5.30. The molecule has 0 atom stereocenters. The van der Waals surface area contributed by atoms with E-state index in [0.29, 0.717) is 41.5 Å². The van der Waals surface area contributed by atoms with Gasteiger partial charge in [0, 0.05) is 31.7 Å². The summed E-state index contributed by atoms with van der Waals surface area (Å²) in [5.74, 6) is 1.41. The van der Waals surface area contributed by atoms with Gasteiger partial charge in [0.2, 0.25) is 17.8 Å². The van der Waals surface area contributed by atoms with Crippen molar-refractivity contribution in [1.82, 2.24) is 15.0 Å². The highest BCUT2D eigenvalue weighted by molar-refractivity contribution is 5.85. The number of nitrogens with one attached hydrogen (secondary N) is 1. The molecule has 2 aliphatic rings. The second kappa shape index (κ2) is 12.2. The number of hydrogen-bond donors (Lipinski definition) is 2. The molecule has 0 amide bonds. The number of piperidine rings is 2. The van der Waals surface area contributed by atoms with Crippen LogP contribution < -0.4 is 24.7 Å². The number of ether oxygens (including phenoxy) is 2. The van der Waals surface area contributed by atoms with Crippen LogP contribution in [0.3, 0.4) is 0 Å². The van der Waals surface area contributed by atoms with Crippen LogP contribution in [0, 0.1) is 0 Å². The highest BCUT2D eigenvalue weighted by Gasteiger charge is 2.20. The Morgan fingerprint density at radius 2 is 1.63 bits per heavy atom. The lowest BCUT2D eigenvalue weighted by Crippen LogP contribution is -2.34. The molecule has 1 aromatic heterocycles. The number of anilines is 3. The molecule has 0 aliphatic carbocycles. The monoisotopic (exact) mass is 483 g/mol. The zero-order chi connectivity index (χ0) is 24.5. The molecule has 11 nitrogen and oxygen atoms in total. The van der Waals surface area contributed by atoms with Gasteiger partial charge in [-0.1, -0.05) is 6.07 Å². The summed E-state index contributed by atoms with van der Waals surface area (Å²) in [5, 5.41) is 13.4. The minimum atomic E-state index is -1.07. The van der Waals surface area contributed by atoms with Crippen molar-refractivity contribution < 1.29 is 19.4 Å². The topological polar surface area (TPSA) is 125 Å². The number of carbonyl (C=O) groups is 1. The van der Waals surface area contributed by atoms with Crippen molar-refractivity contribution in [3.05, 3.63) is 23.8 Å². The van der Waals surface area contributed by atoms with Gasteiger partial charge in [0.05, 0.1) is 12.8 Å². The molecule has 0 bridgehead atoms. The molecular formula is C24H33N7O4. The number of carboxylic acid groups (broad SMARTS) is 1. The Morgan fingerprint density at radius 3 is 2.20 bits per heavy atom. The molecule has 3 heterocycles. The Labute approximate surface area is 205 Å². The smallest absolute Gasteiger partial charge is 0.341 e. The van der Waals surface area contributed by atoms with Crippen LogP contribution in [0.5, 0.6) is 11.5 Å². The van der Waals surface area contributed by atoms with Gasteiger partial charge < -0.3 is 24.4 Å². The Kier molecular flexibility index (Phi) is 8.53. The number of carboxylic acids is 1. The van der Waals surface area contributed by atoms with E-state index in [0.717, 1.165) is 51.9 Å². The molecule has 188 valence electrons. The van der Waals surface area contributed by atoms with Gasteiger partial charge in [-0.25, -0.2) is 10.2 Å². The number of hydrazone groups is 1. The third-order valence-electron chi connectivity index (χ3n) is 5.91. The van der Waals surface area contributed by atoms with E-state index in [-0.39, 0.29) is 0 Å². The van der Waals surface area contributed by atoms with Crippen molar-refractivity contribution in [1.29, 1.82) is 0 Å². The number of rotatable bonds is 10. The molecule has 0 radical (unpaired) electrons. The van der Waals surface area contributed by atoms with E-state index in [1.807, 2.05) is 6.92 Å². The maximum Gasteiger partial charge on any atom is 0.341 e. The number of para-hydroxylation sites is 1. The molecule has 2 saturated heterocycles. The maximum atomic E-state index is 11.0. The first kappa shape index (κ1) is 24.5. The fourth-order valence-corrected chi connectivity index (χ4v) is 4.23. The first-order chi connectivity index (χ1) is 17.1. The molecule has 2 fully saturated rings. The molecule has 2 aliphatic heterocycles. The minimum Gasteiger partial charge on any atom is -0.490 e. The van der Waals surface area contributed by atoms with E-state index in [2.05, 4.69) is 30.3 Å². The molecule has 0 unspecified atom stereocenters. The van der Waals surface area contributed by atoms with Gasteiger partial charge in [-0.05, 0) is 57.6 Å². The van der Waals surface area contributed by atoms with Gasteiger partial charge in [0.15, 0.2) is 18.1 Å². The zero-order valence-electron chi connectivity index (χ0n) is 20.1. The molecule has 35 heavy (non-hydrogen) atoms. The number of aromatic nitrogens is 3. The molecule has 4 rings (SSSR count). The second-order valence-corrected chi connectivity index (χ2v) is 8.51. The van der Waals surface area contributed by atoms with Gasteiger partial charge in [-0.15, -0.1) is 0 Å². The predicted octanol–water partition coefficient (Wildman–Crippen LogP) is 3.16. The number of benzene rings is 1. The molecular weight excluding hydrogens is 450 g/mol. The molecule has 11 heteroatoms. The first-order valence-electron chi connectivity index (χ1n) is 12.3. The predicted molar refractivity (Wildman–Crippen MR) is 134 cm³/mol. The Morgan fingerprint density at radius 1 is 1.00 bits per heavy atom. The summed E-state index contributed by atoms with van der Waals surface area (Å²) in [6.07, 6.45) is 8.50. The van der Waals surface area contributed by atoms with Crippen LogP contribution in [0.25, 0.3) is 0 Å². The van der Waals surface area contributed by atoms with Crippen LogP contribution in [0.15, 0.2) is 23.3 Å². The normalized spacial score (nSPS) is 16.4. The quantitative estimate of drug-likeness (QED) is 0.384. The van der Waals surface area contributed by atoms with Crippen LogP contribution in [-0.4, -0.2) is 71.6 Å². The molecule has 2 N–H and O–H groups in total. The Hall–Kier alpha value is -3.63. The summed E-state index contributed by atoms with van der Waals surface area (Å²) in [5.41, 5.74) is 3.51. The number of aliphatic carboxylic acids is 1. The second-order valence-electron chi connectivity index (χ2n) is 8.51. The summed E-state index contributed by atoms with van der Waals surface area (Å²) in [6.45, 7) is 5.52. The SMILES string of the molecule is CCOc1cccc(/C=N/Nc2nc(N3CCCCC3)nc(N3CCCCC3)n2)c1OCC(=O)O. The summed E-state index contributed by atoms with van der Waals surface area (Å²) in [4.78, 5) is 29.5. The fourth-order valence-electron chi connectivity index (χ4n) is 4.23. The van der Waals surface area contributed by atoms with Crippen molar-refractivity contribution in [2.75, 3.05) is 54.6 Å². The average molecular weight is 484 g/mol. The molecule has 1 aromatic carbocycles. The molecule has 2 aromatic rings. The first-order valence-corrected chi connectivity index (χ1v) is 12.3. The van der Waals surface area contributed by atoms with Crippen LogP contribution >= 0.6 is 0 Å². The third-order valence-corrected chi connectivity index (χ3v) is 5.91. The lowest BCUT2D eigenvalue weighted by atomic mass is 10.1. The minimum absolute atomic E-state index is 0.320. The van der Waals surface area contributed by atoms with Gasteiger partial charge in [0.1, 0.15) is 0 Å². The van der Waals surface area contributed by atoms with E-state index < -0.39 is 12.6 Å². The Bertz CT molecular complexity index is 985. The summed E-state index contributed by atoms with van der Waals surface area (Å²) in [7, 11) is 0. The van der Waals surface area contributed by atoms with Crippen molar-refractivity contribution in [2.45, 2.75) is 45.4 Å². The van der Waals surface area contributed by atoms with Crippen molar-refractivity contribution >= 4 is 30.0 Å². The lowest BCUT2D eigenvalue weighted by Gasteiger charge is -2.30. The van der Waals surface area contributed by atoms with Gasteiger partial charge >= 0.3 is 5.97 Å². The standard InChI is InChI=1S/C24H33N7O4/c1-2-34-19-11-9-10-18(21(19)35-17-20(32)33)16-25-29-22-26-23(30-12-5-3-6-13-30)28-24(27-22)31-14-7-4-8-15-31/h9-11,16H,2-8,12-15,17H2,1H3,(H,32,33)(H,26,27,28,29)/b25-16+. The van der Waals surface area contributed by atoms with E-state index in [4.69, 9.17) is 19.6 Å². The van der Waals surface area contributed by atoms with E-state index in [1.165, 1.54) is 12.8 Å². The van der Waals surface area contributed by atoms with Crippen molar-refractivity contribution in [2.24, 2.45) is 5.10 Å². The molecule has 0 spiro atoms. The van der Waals surface area contributed by atoms with Crippen molar-refractivity contribution in [3.63, 3.8) is 0 Å². The Balaban J connectivity index is 1.57. The van der Waals surface area contributed by atoms with Gasteiger partial charge in [0.25, 0.3) is 0 Å². The van der Waals surface area contributed by atoms with E-state index in [9.17, 15) is 4.79 Å². The highest BCUT2D eigenvalue weighted by Crippen LogP contribution is 2.30. The summed E-state index contributed by atoms with van der Waals surface area (Å²) < 4.78 is 11.1. The van der Waals surface area contributed by atoms with E-state index >= 15 is 0 Å². The number of nitrogens with zero attached hydrogens (tertiary/aromatic N) is 6. The van der Waals surface area contributed by atoms with Crippen LogP contribution in [0.4, 0.5) is 17.8 Å². The largest absolute Gasteiger partial charge is 0.490 e. The van der Waals surface area contributed by atoms with Gasteiger partial charge in [-0.2, -0.15) is 20.1 Å². The van der Waals surface area contributed by atoms with Crippen molar-refractivity contribution in [3.8, 4) is 11.5 Å². The maximum absolute atomic E-state index is 11.0. The highest BCUT2D eigenvalue weighted by atomic mass is 16.5. The molecule has 0 saturated carbocycles. The van der Waals surface area contributed by atoms with Gasteiger partial charge in [-0.3, -0.25) is 0 Å². The summed E-state index contributed by atoms with van der Waals surface area (Å²) >= 11 is 0. The fraction of sp³-hybridized carbons (Fsp3) is 0.542. The third kappa shape index (κ3) is 6.71. The van der Waals surface area contributed by atoms with Crippen LogP contribution in [0.2, 0.25) is 0 Å².